The smallest absolute Gasteiger partial charge is 0.407 e. The van der Waals surface area contributed by atoms with E-state index >= 15 is 0 Å². The van der Waals surface area contributed by atoms with Crippen molar-refractivity contribution in [2.75, 3.05) is 7.11 Å². The highest BCUT2D eigenvalue weighted by atomic mass is 16.5. The van der Waals surface area contributed by atoms with Crippen molar-refractivity contribution in [3.05, 3.63) is 0 Å². The number of nitrogens with two attached hydrogens (primary N) is 1. The molecule has 5 heteroatoms. The van der Waals surface area contributed by atoms with E-state index in [2.05, 4.69) is 10.1 Å². The first kappa shape index (κ1) is 10.7. The molecule has 12 heavy (non-hydrogen) atoms. The number of hydrogen-bond donors (Lipinski definition) is 3. The van der Waals surface area contributed by atoms with E-state index in [9.17, 15) is 4.79 Å². The molecule has 0 aliphatic rings. The van der Waals surface area contributed by atoms with Gasteiger partial charge >= 0.3 is 6.09 Å². The minimum atomic E-state index is -0.552. The number of carbonyl (C=O) groups excluding carboxylic acids is 1. The predicted molar refractivity (Wildman–Crippen MR) is 46.2 cm³/mol. The van der Waals surface area contributed by atoms with Crippen LogP contribution in [-0.4, -0.2) is 25.1 Å². The summed E-state index contributed by atoms with van der Waals surface area (Å²) in [5.41, 5.74) is 5.24. The van der Waals surface area contributed by atoms with Crippen molar-refractivity contribution < 1.29 is 9.53 Å². The average molecular weight is 173 g/mol. The van der Waals surface area contributed by atoms with Gasteiger partial charge in [0.2, 0.25) is 0 Å². The van der Waals surface area contributed by atoms with Gasteiger partial charge in [-0.25, -0.2) is 4.79 Å². The number of hydrogen-bond acceptors (Lipinski definition) is 3. The van der Waals surface area contributed by atoms with E-state index in [1.165, 1.54) is 7.11 Å². The predicted octanol–water partition coefficient (Wildman–Crippen LogP) is 0.447. The van der Waals surface area contributed by atoms with Crippen molar-refractivity contribution in [1.29, 1.82) is 5.41 Å². The molecular weight excluding hydrogens is 158 g/mol. The molecule has 0 spiro atoms. The van der Waals surface area contributed by atoms with E-state index in [0.717, 1.165) is 6.42 Å². The van der Waals surface area contributed by atoms with Gasteiger partial charge in [0.15, 0.2) is 0 Å². The number of carbonyl (C=O) groups is 1. The van der Waals surface area contributed by atoms with Crippen LogP contribution in [0.1, 0.15) is 19.8 Å². The molecule has 0 aromatic heterocycles. The Bertz CT molecular complexity index is 168. The Morgan fingerprint density at radius 1 is 1.75 bits per heavy atom. The van der Waals surface area contributed by atoms with Crippen LogP contribution >= 0.6 is 0 Å². The SMILES string of the molecule is CCCC(NC(=O)OC)C(=N)N. The topological polar surface area (TPSA) is 88.2 Å². The van der Waals surface area contributed by atoms with Gasteiger partial charge < -0.3 is 15.8 Å². The summed E-state index contributed by atoms with van der Waals surface area (Å²) in [6.07, 6.45) is 0.960. The van der Waals surface area contributed by atoms with Gasteiger partial charge in [0.25, 0.3) is 0 Å². The van der Waals surface area contributed by atoms with Crippen LogP contribution in [0.25, 0.3) is 0 Å². The van der Waals surface area contributed by atoms with E-state index in [1.807, 2.05) is 6.92 Å². The molecule has 0 aromatic rings. The third-order valence-corrected chi connectivity index (χ3v) is 1.43. The first-order valence-electron chi connectivity index (χ1n) is 3.80. The Morgan fingerprint density at radius 3 is 2.67 bits per heavy atom. The van der Waals surface area contributed by atoms with Gasteiger partial charge in [0.05, 0.1) is 13.2 Å². The summed E-state index contributed by atoms with van der Waals surface area (Å²) in [7, 11) is 1.28. The first-order valence-corrected chi connectivity index (χ1v) is 3.80. The van der Waals surface area contributed by atoms with Crippen molar-refractivity contribution >= 4 is 11.9 Å². The molecule has 0 heterocycles. The van der Waals surface area contributed by atoms with Gasteiger partial charge in [-0.1, -0.05) is 13.3 Å². The number of amides is 1. The second kappa shape index (κ2) is 5.40. The summed E-state index contributed by atoms with van der Waals surface area (Å²) < 4.78 is 4.37. The van der Waals surface area contributed by atoms with Crippen LogP contribution in [0.4, 0.5) is 4.79 Å². The zero-order chi connectivity index (χ0) is 9.56. The van der Waals surface area contributed by atoms with Gasteiger partial charge in [-0.3, -0.25) is 5.41 Å². The number of rotatable bonds is 4. The van der Waals surface area contributed by atoms with Crippen LogP contribution in [-0.2, 0) is 4.74 Å². The zero-order valence-electron chi connectivity index (χ0n) is 7.39. The minimum absolute atomic E-state index is 0.0396. The lowest BCUT2D eigenvalue weighted by molar-refractivity contribution is 0.169. The molecule has 1 unspecified atom stereocenters. The van der Waals surface area contributed by atoms with Gasteiger partial charge in [0, 0.05) is 0 Å². The summed E-state index contributed by atoms with van der Waals surface area (Å²) in [6.45, 7) is 1.95. The number of nitrogens with one attached hydrogen (secondary N) is 2. The molecule has 0 saturated carbocycles. The number of alkyl carbamates (subject to hydrolysis) is 1. The second-order valence-electron chi connectivity index (χ2n) is 2.43. The van der Waals surface area contributed by atoms with Crippen molar-refractivity contribution in [2.45, 2.75) is 25.8 Å². The van der Waals surface area contributed by atoms with E-state index in [-0.39, 0.29) is 5.84 Å². The Hall–Kier alpha value is -1.26. The number of amidine groups is 1. The first-order chi connectivity index (χ1) is 5.61. The maximum Gasteiger partial charge on any atom is 0.407 e. The molecule has 0 rings (SSSR count). The van der Waals surface area contributed by atoms with Crippen LogP contribution in [0.5, 0.6) is 0 Å². The normalized spacial score (nSPS) is 11.8. The Morgan fingerprint density at radius 2 is 2.33 bits per heavy atom. The molecular formula is C7H15N3O2. The minimum Gasteiger partial charge on any atom is -0.453 e. The monoisotopic (exact) mass is 173 g/mol. The van der Waals surface area contributed by atoms with Crippen LogP contribution in [0.2, 0.25) is 0 Å². The quantitative estimate of drug-likeness (QED) is 0.426. The highest BCUT2D eigenvalue weighted by Gasteiger charge is 2.13. The highest BCUT2D eigenvalue weighted by Crippen LogP contribution is 1.95. The lowest BCUT2D eigenvalue weighted by Crippen LogP contribution is -2.43. The van der Waals surface area contributed by atoms with Gasteiger partial charge in [-0.05, 0) is 6.42 Å². The standard InChI is InChI=1S/C7H15N3O2/c1-3-4-5(6(8)9)10-7(11)12-2/h5H,3-4H2,1-2H3,(H3,8,9)(H,10,11). The summed E-state index contributed by atoms with van der Waals surface area (Å²) >= 11 is 0. The van der Waals surface area contributed by atoms with Crippen molar-refractivity contribution in [1.82, 2.24) is 5.32 Å². The lowest BCUT2D eigenvalue weighted by Gasteiger charge is -2.14. The third kappa shape index (κ3) is 3.80. The second-order valence-corrected chi connectivity index (χ2v) is 2.43. The average Bonchev–Trinajstić information content (AvgIpc) is 2.03. The molecule has 4 N–H and O–H groups in total. The van der Waals surface area contributed by atoms with Crippen LogP contribution in [0.15, 0.2) is 0 Å². The fraction of sp³-hybridized carbons (Fsp3) is 0.714. The maximum absolute atomic E-state index is 10.7. The summed E-state index contributed by atoms with van der Waals surface area (Å²) in [5.74, 6) is -0.0396. The molecule has 0 aromatic carbocycles. The van der Waals surface area contributed by atoms with Gasteiger partial charge in [-0.15, -0.1) is 0 Å². The van der Waals surface area contributed by atoms with Crippen LogP contribution in [0.3, 0.4) is 0 Å². The Balaban J connectivity index is 3.95. The van der Waals surface area contributed by atoms with Crippen LogP contribution in [0, 0.1) is 5.41 Å². The molecule has 5 nitrogen and oxygen atoms in total. The molecule has 0 bridgehead atoms. The number of ether oxygens (including phenoxy) is 1. The van der Waals surface area contributed by atoms with Gasteiger partial charge in [0.1, 0.15) is 5.84 Å². The molecule has 0 saturated heterocycles. The van der Waals surface area contributed by atoms with Crippen LogP contribution < -0.4 is 11.1 Å². The largest absolute Gasteiger partial charge is 0.453 e. The maximum atomic E-state index is 10.7. The highest BCUT2D eigenvalue weighted by molar-refractivity contribution is 5.86. The molecule has 0 aliphatic carbocycles. The van der Waals surface area contributed by atoms with E-state index in [0.29, 0.717) is 6.42 Å². The van der Waals surface area contributed by atoms with E-state index < -0.39 is 12.1 Å². The molecule has 1 atom stereocenters. The Labute approximate surface area is 71.8 Å². The summed E-state index contributed by atoms with van der Waals surface area (Å²) in [4.78, 5) is 10.7. The molecule has 1 amide bonds. The molecule has 0 fully saturated rings. The molecule has 0 aliphatic heterocycles. The van der Waals surface area contributed by atoms with Crippen molar-refractivity contribution in [2.24, 2.45) is 5.73 Å². The van der Waals surface area contributed by atoms with E-state index in [4.69, 9.17) is 11.1 Å². The van der Waals surface area contributed by atoms with Crippen molar-refractivity contribution in [3.8, 4) is 0 Å². The number of methoxy groups -OCH3 is 1. The summed E-state index contributed by atoms with van der Waals surface area (Å²) in [6, 6.07) is -0.401. The molecule has 0 radical (unpaired) electrons. The zero-order valence-corrected chi connectivity index (χ0v) is 7.39. The third-order valence-electron chi connectivity index (χ3n) is 1.43. The van der Waals surface area contributed by atoms with Crippen molar-refractivity contribution in [3.63, 3.8) is 0 Å². The molecule has 70 valence electrons. The van der Waals surface area contributed by atoms with E-state index in [1.54, 1.807) is 0 Å². The Kier molecular flexibility index (Phi) is 4.83. The van der Waals surface area contributed by atoms with Gasteiger partial charge in [-0.2, -0.15) is 0 Å². The fourth-order valence-electron chi connectivity index (χ4n) is 0.795. The fourth-order valence-corrected chi connectivity index (χ4v) is 0.795. The summed E-state index contributed by atoms with van der Waals surface area (Å²) in [5, 5.41) is 9.59. The lowest BCUT2D eigenvalue weighted by atomic mass is 10.1.